The highest BCUT2D eigenvalue weighted by atomic mass is 32.2. The van der Waals surface area contributed by atoms with Crippen LogP contribution in [0.5, 0.6) is 5.75 Å². The Labute approximate surface area is 199 Å². The third-order valence-electron chi connectivity index (χ3n) is 6.26. The number of piperazine rings is 1. The summed E-state index contributed by atoms with van der Waals surface area (Å²) >= 11 is 0. The lowest BCUT2D eigenvalue weighted by Crippen LogP contribution is -2.50. The number of amides is 1. The van der Waals surface area contributed by atoms with Crippen LogP contribution in [0.1, 0.15) is 18.1 Å². The molecule has 0 atom stereocenters. The molecule has 0 bridgehead atoms. The molecule has 2 aromatic carbocycles. The van der Waals surface area contributed by atoms with Crippen LogP contribution in [-0.4, -0.2) is 75.9 Å². The highest BCUT2D eigenvalue weighted by Crippen LogP contribution is 2.34. The van der Waals surface area contributed by atoms with Gasteiger partial charge in [0.25, 0.3) is 5.91 Å². The summed E-state index contributed by atoms with van der Waals surface area (Å²) < 4.78 is 38.8. The molecule has 34 heavy (non-hydrogen) atoms. The summed E-state index contributed by atoms with van der Waals surface area (Å²) in [6, 6.07) is 12.8. The van der Waals surface area contributed by atoms with Gasteiger partial charge in [0, 0.05) is 46.2 Å². The molecule has 1 fully saturated rings. The van der Waals surface area contributed by atoms with Crippen molar-refractivity contribution in [2.24, 2.45) is 0 Å². The summed E-state index contributed by atoms with van der Waals surface area (Å²) in [5, 5.41) is 0. The van der Waals surface area contributed by atoms with Crippen LogP contribution in [0.25, 0.3) is 0 Å². The molecule has 0 saturated carbocycles. The van der Waals surface area contributed by atoms with Crippen LogP contribution in [0, 0.1) is 0 Å². The molecule has 182 valence electrons. The molecule has 0 spiro atoms. The van der Waals surface area contributed by atoms with E-state index in [-0.39, 0.29) is 17.4 Å². The Bertz CT molecular complexity index is 1170. The van der Waals surface area contributed by atoms with Crippen LogP contribution in [0.3, 0.4) is 0 Å². The van der Waals surface area contributed by atoms with Crippen molar-refractivity contribution in [3.63, 3.8) is 0 Å². The average Bonchev–Trinajstić information content (AvgIpc) is 2.86. The maximum atomic E-state index is 13.5. The zero-order valence-electron chi connectivity index (χ0n) is 19.4. The summed E-state index contributed by atoms with van der Waals surface area (Å²) in [7, 11) is -2.14. The number of ether oxygens (including phenoxy) is 2. The molecular weight excluding hydrogens is 458 g/mol. The van der Waals surface area contributed by atoms with Gasteiger partial charge in [-0.3, -0.25) is 9.59 Å². The van der Waals surface area contributed by atoms with E-state index in [1.165, 1.54) is 16.8 Å². The Balaban J connectivity index is 1.50. The minimum absolute atomic E-state index is 0.219. The fourth-order valence-corrected chi connectivity index (χ4v) is 5.79. The van der Waals surface area contributed by atoms with Crippen LogP contribution >= 0.6 is 0 Å². The quantitative estimate of drug-likeness (QED) is 0.572. The number of hydrogen-bond acceptors (Lipinski definition) is 7. The lowest BCUT2D eigenvalue weighted by molar-refractivity contribution is -0.150. The van der Waals surface area contributed by atoms with E-state index in [1.54, 1.807) is 30.2 Å². The van der Waals surface area contributed by atoms with Gasteiger partial charge in [0.05, 0.1) is 17.7 Å². The van der Waals surface area contributed by atoms with Crippen molar-refractivity contribution in [3.8, 4) is 5.75 Å². The van der Waals surface area contributed by atoms with E-state index in [4.69, 9.17) is 9.47 Å². The molecule has 9 nitrogen and oxygen atoms in total. The summed E-state index contributed by atoms with van der Waals surface area (Å²) in [4.78, 5) is 27.1. The molecule has 4 rings (SSSR count). The number of esters is 1. The van der Waals surface area contributed by atoms with Gasteiger partial charge in [0.15, 0.2) is 6.61 Å². The van der Waals surface area contributed by atoms with Gasteiger partial charge >= 0.3 is 5.97 Å². The van der Waals surface area contributed by atoms with Crippen molar-refractivity contribution in [3.05, 3.63) is 53.6 Å². The molecule has 0 aliphatic carbocycles. The first-order chi connectivity index (χ1) is 16.3. The van der Waals surface area contributed by atoms with Crippen molar-refractivity contribution in [2.75, 3.05) is 51.3 Å². The Hall–Kier alpha value is -3.11. The molecule has 2 aliphatic rings. The minimum Gasteiger partial charge on any atom is -0.495 e. The molecule has 0 aromatic heterocycles. The van der Waals surface area contributed by atoms with E-state index >= 15 is 0 Å². The van der Waals surface area contributed by atoms with E-state index in [0.29, 0.717) is 57.1 Å². The first-order valence-corrected chi connectivity index (χ1v) is 12.6. The van der Waals surface area contributed by atoms with Gasteiger partial charge in [0.1, 0.15) is 5.75 Å². The van der Waals surface area contributed by atoms with Gasteiger partial charge in [0.2, 0.25) is 10.0 Å². The highest BCUT2D eigenvalue weighted by molar-refractivity contribution is 7.89. The zero-order chi connectivity index (χ0) is 24.3. The number of hydrogen-bond donors (Lipinski definition) is 0. The van der Waals surface area contributed by atoms with E-state index in [2.05, 4.69) is 0 Å². The van der Waals surface area contributed by atoms with Crippen molar-refractivity contribution in [1.82, 2.24) is 9.21 Å². The van der Waals surface area contributed by atoms with E-state index < -0.39 is 16.0 Å². The summed E-state index contributed by atoms with van der Waals surface area (Å²) in [6.45, 7) is 3.65. The number of anilines is 1. The van der Waals surface area contributed by atoms with E-state index in [9.17, 15) is 18.0 Å². The molecule has 2 aromatic rings. The average molecular weight is 488 g/mol. The monoisotopic (exact) mass is 487 g/mol. The second-order valence-electron chi connectivity index (χ2n) is 8.34. The minimum atomic E-state index is -3.69. The Morgan fingerprint density at radius 3 is 2.35 bits per heavy atom. The molecule has 1 amide bonds. The van der Waals surface area contributed by atoms with Crippen LogP contribution < -0.4 is 9.64 Å². The molecule has 0 radical (unpaired) electrons. The fourth-order valence-electron chi connectivity index (χ4n) is 4.35. The van der Waals surface area contributed by atoms with Gasteiger partial charge in [-0.05, 0) is 35.7 Å². The lowest BCUT2D eigenvalue weighted by atomic mass is 10.0. The summed E-state index contributed by atoms with van der Waals surface area (Å²) in [6.07, 6.45) is 0.682. The number of nitrogens with zero attached hydrogens (tertiary/aromatic N) is 3. The predicted octanol–water partition coefficient (Wildman–Crippen LogP) is 1.65. The van der Waals surface area contributed by atoms with Gasteiger partial charge < -0.3 is 19.3 Å². The van der Waals surface area contributed by atoms with E-state index in [1.807, 2.05) is 29.2 Å². The van der Waals surface area contributed by atoms with Crippen molar-refractivity contribution in [2.45, 2.75) is 24.8 Å². The topological polar surface area (TPSA) is 96.5 Å². The number of methoxy groups -OCH3 is 1. The van der Waals surface area contributed by atoms with Crippen molar-refractivity contribution < 1.29 is 27.5 Å². The van der Waals surface area contributed by atoms with Crippen LogP contribution in [0.4, 0.5) is 5.69 Å². The zero-order valence-corrected chi connectivity index (χ0v) is 20.2. The smallest absolute Gasteiger partial charge is 0.303 e. The van der Waals surface area contributed by atoms with Gasteiger partial charge in [-0.25, -0.2) is 8.42 Å². The summed E-state index contributed by atoms with van der Waals surface area (Å²) in [5.74, 6) is -0.168. The third-order valence-corrected chi connectivity index (χ3v) is 8.10. The maximum absolute atomic E-state index is 13.5. The number of carbonyl (C=O) groups is 2. The number of sulfonamides is 1. The maximum Gasteiger partial charge on any atom is 0.303 e. The molecule has 0 N–H and O–H groups in total. The number of rotatable bonds is 6. The first kappa shape index (κ1) is 24.0. The predicted molar refractivity (Wildman–Crippen MR) is 126 cm³/mol. The Morgan fingerprint density at radius 2 is 1.68 bits per heavy atom. The molecule has 2 heterocycles. The second kappa shape index (κ2) is 10.0. The van der Waals surface area contributed by atoms with Crippen molar-refractivity contribution in [1.29, 1.82) is 0 Å². The first-order valence-electron chi connectivity index (χ1n) is 11.2. The van der Waals surface area contributed by atoms with Gasteiger partial charge in [-0.15, -0.1) is 0 Å². The van der Waals surface area contributed by atoms with Crippen LogP contribution in [-0.2, 0) is 37.3 Å². The van der Waals surface area contributed by atoms with Crippen LogP contribution in [0.15, 0.2) is 47.4 Å². The Morgan fingerprint density at radius 1 is 0.971 bits per heavy atom. The molecule has 2 aliphatic heterocycles. The Kier molecular flexibility index (Phi) is 7.08. The van der Waals surface area contributed by atoms with Gasteiger partial charge in [-0.2, -0.15) is 4.31 Å². The van der Waals surface area contributed by atoms with Gasteiger partial charge in [-0.1, -0.05) is 24.3 Å². The molecule has 0 unspecified atom stereocenters. The lowest BCUT2D eigenvalue weighted by Gasteiger charge is -2.36. The molecular formula is C24H29N3O6S. The SMILES string of the molecule is COc1ccc(S(=O)(=O)N2CCc3ccccc3C2)cc1N1CCN(C(=O)COC(C)=O)CC1. The third kappa shape index (κ3) is 5.02. The van der Waals surface area contributed by atoms with Crippen molar-refractivity contribution >= 4 is 27.6 Å². The normalized spacial score (nSPS) is 16.6. The van der Waals surface area contributed by atoms with Crippen LogP contribution in [0.2, 0.25) is 0 Å². The standard InChI is InChI=1S/C24H29N3O6S/c1-18(28)33-17-24(29)26-13-11-25(12-14-26)22-15-21(7-8-23(22)32-2)34(30,31)27-10-9-19-5-3-4-6-20(19)16-27/h3-8,15H,9-14,16-17H2,1-2H3. The summed E-state index contributed by atoms with van der Waals surface area (Å²) in [5.41, 5.74) is 2.89. The molecule has 10 heteroatoms. The van der Waals surface area contributed by atoms with E-state index in [0.717, 1.165) is 5.56 Å². The largest absolute Gasteiger partial charge is 0.495 e. The molecule has 1 saturated heterocycles. The number of fused-ring (bicyclic) bond motifs is 1. The number of benzene rings is 2. The number of carbonyl (C=O) groups excluding carboxylic acids is 2. The second-order valence-corrected chi connectivity index (χ2v) is 10.3. The highest BCUT2D eigenvalue weighted by Gasteiger charge is 2.30. The fraction of sp³-hybridized carbons (Fsp3) is 0.417.